The molecule has 0 unspecified atom stereocenters. The Bertz CT molecular complexity index is 286. The highest BCUT2D eigenvalue weighted by Crippen LogP contribution is 2.30. The zero-order valence-corrected chi connectivity index (χ0v) is 6.89. The summed E-state index contributed by atoms with van der Waals surface area (Å²) in [6.07, 6.45) is 0. The third-order valence-electron chi connectivity index (χ3n) is 1.78. The van der Waals surface area contributed by atoms with Crippen molar-refractivity contribution in [2.45, 2.75) is 0 Å². The second-order valence-electron chi connectivity index (χ2n) is 2.55. The minimum Gasteiger partial charge on any atom is -0.496 e. The molecule has 0 saturated heterocycles. The molecule has 3 heteroatoms. The Labute approximate surface area is 71.3 Å². The lowest BCUT2D eigenvalue weighted by molar-refractivity contribution is 0.322. The molecule has 0 saturated carbocycles. The van der Waals surface area contributed by atoms with Gasteiger partial charge in [0.2, 0.25) is 0 Å². The van der Waals surface area contributed by atoms with Gasteiger partial charge in [-0.05, 0) is 6.07 Å². The van der Waals surface area contributed by atoms with Crippen molar-refractivity contribution in [1.82, 2.24) is 0 Å². The predicted octanol–water partition coefficient (Wildman–Crippen LogP) is 1.30. The maximum Gasteiger partial charge on any atom is 0.143 e. The molecule has 1 aliphatic rings. The molecule has 0 fully saturated rings. The smallest absolute Gasteiger partial charge is 0.143 e. The summed E-state index contributed by atoms with van der Waals surface area (Å²) >= 11 is 0. The van der Waals surface area contributed by atoms with Gasteiger partial charge < -0.3 is 14.8 Å². The van der Waals surface area contributed by atoms with Crippen LogP contribution in [0.2, 0.25) is 0 Å². The number of nitrogens with one attached hydrogen (secondary N) is 1. The fraction of sp³-hybridized carbons (Fsp3) is 0.333. The normalized spacial score (nSPS) is 14.1. The van der Waals surface area contributed by atoms with E-state index in [1.165, 1.54) is 0 Å². The number of benzene rings is 1. The molecule has 1 N–H and O–H groups in total. The van der Waals surface area contributed by atoms with Crippen LogP contribution in [0, 0.1) is 6.07 Å². The third kappa shape index (κ3) is 1.18. The average Bonchev–Trinajstić information content (AvgIpc) is 2.17. The molecule has 1 aliphatic heterocycles. The summed E-state index contributed by atoms with van der Waals surface area (Å²) in [6.45, 7) is 1.56. The molecular weight excluding hydrogens is 154 g/mol. The first-order valence-electron chi connectivity index (χ1n) is 3.86. The minimum atomic E-state index is 0.715. The van der Waals surface area contributed by atoms with Crippen LogP contribution in [0.3, 0.4) is 0 Å². The Kier molecular flexibility index (Phi) is 1.78. The van der Waals surface area contributed by atoms with Gasteiger partial charge in [0.1, 0.15) is 18.1 Å². The van der Waals surface area contributed by atoms with Gasteiger partial charge in [0.25, 0.3) is 0 Å². The van der Waals surface area contributed by atoms with E-state index in [4.69, 9.17) is 9.47 Å². The van der Waals surface area contributed by atoms with E-state index in [1.54, 1.807) is 13.2 Å². The van der Waals surface area contributed by atoms with Crippen LogP contribution in [0.1, 0.15) is 0 Å². The summed E-state index contributed by atoms with van der Waals surface area (Å²) in [7, 11) is 1.63. The van der Waals surface area contributed by atoms with Crippen LogP contribution in [0.15, 0.2) is 12.1 Å². The van der Waals surface area contributed by atoms with E-state index in [-0.39, 0.29) is 0 Å². The van der Waals surface area contributed by atoms with E-state index in [0.29, 0.717) is 6.61 Å². The number of methoxy groups -OCH3 is 1. The van der Waals surface area contributed by atoms with Crippen LogP contribution < -0.4 is 14.8 Å². The monoisotopic (exact) mass is 164 g/mol. The SMILES string of the molecule is COc1[c]cc2c(c1)NCCO2. The first kappa shape index (κ1) is 7.28. The summed E-state index contributed by atoms with van der Waals surface area (Å²) in [5.41, 5.74) is 0.983. The molecule has 0 spiro atoms. The Balaban J connectivity index is 2.36. The minimum absolute atomic E-state index is 0.715. The van der Waals surface area contributed by atoms with Crippen LogP contribution in [-0.2, 0) is 0 Å². The van der Waals surface area contributed by atoms with Gasteiger partial charge in [-0.3, -0.25) is 0 Å². The number of hydrogen-bond donors (Lipinski definition) is 1. The lowest BCUT2D eigenvalue weighted by Crippen LogP contribution is -2.17. The zero-order valence-electron chi connectivity index (χ0n) is 6.89. The van der Waals surface area contributed by atoms with Crippen LogP contribution in [0.4, 0.5) is 5.69 Å². The van der Waals surface area contributed by atoms with Gasteiger partial charge in [0, 0.05) is 18.7 Å². The molecule has 0 aromatic heterocycles. The molecule has 1 radical (unpaired) electrons. The van der Waals surface area contributed by atoms with Crippen molar-refractivity contribution in [2.24, 2.45) is 0 Å². The second-order valence-corrected chi connectivity index (χ2v) is 2.55. The molecule has 1 aromatic carbocycles. The van der Waals surface area contributed by atoms with E-state index < -0.39 is 0 Å². The second kappa shape index (κ2) is 2.93. The lowest BCUT2D eigenvalue weighted by Gasteiger charge is -2.19. The lowest BCUT2D eigenvalue weighted by atomic mass is 10.2. The quantitative estimate of drug-likeness (QED) is 0.678. The number of ether oxygens (including phenoxy) is 2. The molecule has 1 heterocycles. The standard InChI is InChI=1S/C9H10NO2/c1-11-7-2-3-9-8(6-7)10-4-5-12-9/h3,6,10H,4-5H2,1H3. The number of rotatable bonds is 1. The summed E-state index contributed by atoms with van der Waals surface area (Å²) in [5.74, 6) is 1.58. The zero-order chi connectivity index (χ0) is 8.39. The van der Waals surface area contributed by atoms with Crippen LogP contribution in [0.5, 0.6) is 11.5 Å². The van der Waals surface area contributed by atoms with Crippen molar-refractivity contribution in [2.75, 3.05) is 25.6 Å². The Morgan fingerprint density at radius 3 is 3.42 bits per heavy atom. The predicted molar refractivity (Wildman–Crippen MR) is 45.8 cm³/mol. The summed E-state index contributed by atoms with van der Waals surface area (Å²) in [5, 5.41) is 3.21. The molecule has 63 valence electrons. The Morgan fingerprint density at radius 1 is 1.67 bits per heavy atom. The van der Waals surface area contributed by atoms with Gasteiger partial charge in [0.05, 0.1) is 12.8 Å². The molecule has 3 nitrogen and oxygen atoms in total. The van der Waals surface area contributed by atoms with Crippen molar-refractivity contribution in [3.63, 3.8) is 0 Å². The maximum absolute atomic E-state index is 5.37. The first-order chi connectivity index (χ1) is 5.90. The number of anilines is 1. The molecule has 0 aliphatic carbocycles. The van der Waals surface area contributed by atoms with Crippen LogP contribution in [-0.4, -0.2) is 20.3 Å². The third-order valence-corrected chi connectivity index (χ3v) is 1.78. The summed E-state index contributed by atoms with van der Waals surface area (Å²) < 4.78 is 10.4. The van der Waals surface area contributed by atoms with Crippen molar-refractivity contribution < 1.29 is 9.47 Å². The molecule has 12 heavy (non-hydrogen) atoms. The van der Waals surface area contributed by atoms with Gasteiger partial charge in [-0.2, -0.15) is 0 Å². The number of fused-ring (bicyclic) bond motifs is 1. The van der Waals surface area contributed by atoms with E-state index >= 15 is 0 Å². The molecule has 0 bridgehead atoms. The maximum atomic E-state index is 5.37. The summed E-state index contributed by atoms with van der Waals surface area (Å²) in [4.78, 5) is 0. The Hall–Kier alpha value is -1.38. The van der Waals surface area contributed by atoms with Crippen molar-refractivity contribution >= 4 is 5.69 Å². The van der Waals surface area contributed by atoms with Crippen molar-refractivity contribution in [1.29, 1.82) is 0 Å². The van der Waals surface area contributed by atoms with Gasteiger partial charge in [0.15, 0.2) is 0 Å². The van der Waals surface area contributed by atoms with E-state index in [1.807, 2.05) is 6.07 Å². The van der Waals surface area contributed by atoms with E-state index in [2.05, 4.69) is 11.4 Å². The highest BCUT2D eigenvalue weighted by Gasteiger charge is 2.09. The van der Waals surface area contributed by atoms with Gasteiger partial charge in [-0.15, -0.1) is 0 Å². The van der Waals surface area contributed by atoms with Gasteiger partial charge in [-0.1, -0.05) is 0 Å². The summed E-state index contributed by atoms with van der Waals surface area (Å²) in [6, 6.07) is 6.63. The topological polar surface area (TPSA) is 30.5 Å². The fourth-order valence-corrected chi connectivity index (χ4v) is 1.18. The van der Waals surface area contributed by atoms with Crippen molar-refractivity contribution in [3.05, 3.63) is 18.2 Å². The van der Waals surface area contributed by atoms with Crippen LogP contribution >= 0.6 is 0 Å². The molecule has 0 amide bonds. The highest BCUT2D eigenvalue weighted by molar-refractivity contribution is 5.60. The van der Waals surface area contributed by atoms with Gasteiger partial charge in [-0.25, -0.2) is 0 Å². The highest BCUT2D eigenvalue weighted by atomic mass is 16.5. The molecule has 0 atom stereocenters. The molecule has 1 aromatic rings. The van der Waals surface area contributed by atoms with Crippen LogP contribution in [0.25, 0.3) is 0 Å². The van der Waals surface area contributed by atoms with E-state index in [0.717, 1.165) is 23.7 Å². The average molecular weight is 164 g/mol. The Morgan fingerprint density at radius 2 is 2.58 bits per heavy atom. The van der Waals surface area contributed by atoms with E-state index in [9.17, 15) is 0 Å². The van der Waals surface area contributed by atoms with Crippen molar-refractivity contribution in [3.8, 4) is 11.5 Å². The largest absolute Gasteiger partial charge is 0.496 e. The van der Waals surface area contributed by atoms with Gasteiger partial charge >= 0.3 is 0 Å². The first-order valence-corrected chi connectivity index (χ1v) is 3.86. The fourth-order valence-electron chi connectivity index (χ4n) is 1.18. The number of hydrogen-bond acceptors (Lipinski definition) is 3. The molecule has 2 rings (SSSR count). The molecular formula is C9H10NO2.